The van der Waals surface area contributed by atoms with E-state index < -0.39 is 33.3 Å². The zero-order valence-electron chi connectivity index (χ0n) is 10.2. The normalized spacial score (nSPS) is 17.2. The number of hydrogen-bond donors (Lipinski definition) is 1. The van der Waals surface area contributed by atoms with Crippen molar-refractivity contribution in [1.82, 2.24) is 9.79 Å². The topological polar surface area (TPSA) is 110 Å². The summed E-state index contributed by atoms with van der Waals surface area (Å²) < 4.78 is 24.1. The van der Waals surface area contributed by atoms with Crippen LogP contribution in [0.25, 0.3) is 0 Å². The van der Waals surface area contributed by atoms with E-state index in [-0.39, 0.29) is 12.8 Å². The van der Waals surface area contributed by atoms with E-state index in [1.165, 1.54) is 13.8 Å². The molecule has 0 aromatic carbocycles. The van der Waals surface area contributed by atoms with Gasteiger partial charge in [0.1, 0.15) is 5.54 Å². The average Bonchev–Trinajstić information content (AvgIpc) is 2.45. The molecule has 102 valence electrons. The average molecular weight is 278 g/mol. The molecule has 9 heteroatoms. The SMILES string of the molecule is CC(C)(NS(C)(=O)=O)C(=O)ON1C(=O)CCC1=O. The lowest BCUT2D eigenvalue weighted by atomic mass is 10.1. The quantitative estimate of drug-likeness (QED) is 0.655. The Morgan fingerprint density at radius 3 is 2.11 bits per heavy atom. The molecule has 2 amide bonds. The van der Waals surface area contributed by atoms with Crippen LogP contribution < -0.4 is 4.72 Å². The van der Waals surface area contributed by atoms with Crippen molar-refractivity contribution in [2.24, 2.45) is 0 Å². The molecule has 18 heavy (non-hydrogen) atoms. The van der Waals surface area contributed by atoms with E-state index in [1.807, 2.05) is 4.72 Å². The van der Waals surface area contributed by atoms with Gasteiger partial charge in [0.2, 0.25) is 10.0 Å². The molecule has 0 aromatic rings. The Balaban J connectivity index is 2.76. The van der Waals surface area contributed by atoms with Gasteiger partial charge in [0.15, 0.2) is 0 Å². The molecule has 0 bridgehead atoms. The third-order valence-corrected chi connectivity index (χ3v) is 3.01. The highest BCUT2D eigenvalue weighted by atomic mass is 32.2. The van der Waals surface area contributed by atoms with Gasteiger partial charge >= 0.3 is 5.97 Å². The molecule has 0 saturated carbocycles. The van der Waals surface area contributed by atoms with Gasteiger partial charge in [-0.2, -0.15) is 4.72 Å². The van der Waals surface area contributed by atoms with Crippen molar-refractivity contribution < 1.29 is 27.6 Å². The first-order valence-electron chi connectivity index (χ1n) is 5.10. The van der Waals surface area contributed by atoms with E-state index >= 15 is 0 Å². The predicted molar refractivity (Wildman–Crippen MR) is 59.2 cm³/mol. The number of hydrogen-bond acceptors (Lipinski definition) is 6. The maximum atomic E-state index is 11.7. The maximum Gasteiger partial charge on any atom is 0.353 e. The monoisotopic (exact) mass is 278 g/mol. The van der Waals surface area contributed by atoms with Crippen LogP contribution in [0.1, 0.15) is 26.7 Å². The van der Waals surface area contributed by atoms with Crippen molar-refractivity contribution in [1.29, 1.82) is 0 Å². The van der Waals surface area contributed by atoms with Crippen LogP contribution in [0, 0.1) is 0 Å². The first-order chi connectivity index (χ1) is 8.03. The molecule has 0 spiro atoms. The molecule has 0 radical (unpaired) electrons. The summed E-state index contributed by atoms with van der Waals surface area (Å²) in [7, 11) is -3.63. The van der Waals surface area contributed by atoms with E-state index in [0.29, 0.717) is 5.06 Å². The highest BCUT2D eigenvalue weighted by Crippen LogP contribution is 2.15. The van der Waals surface area contributed by atoms with Gasteiger partial charge in [0, 0.05) is 12.8 Å². The third kappa shape index (κ3) is 3.50. The van der Waals surface area contributed by atoms with Crippen molar-refractivity contribution >= 4 is 27.8 Å². The smallest absolute Gasteiger partial charge is 0.328 e. The number of sulfonamides is 1. The number of rotatable bonds is 4. The van der Waals surface area contributed by atoms with E-state index in [1.54, 1.807) is 0 Å². The second-order valence-corrected chi connectivity index (χ2v) is 6.21. The van der Waals surface area contributed by atoms with Crippen LogP contribution >= 0.6 is 0 Å². The summed E-state index contributed by atoms with van der Waals surface area (Å²) in [6.07, 6.45) is 0.840. The van der Waals surface area contributed by atoms with Crippen molar-refractivity contribution in [2.75, 3.05) is 6.26 Å². The molecule has 0 aliphatic carbocycles. The molecule has 0 aromatic heterocycles. The van der Waals surface area contributed by atoms with E-state index in [2.05, 4.69) is 4.84 Å². The Bertz CT molecular complexity index is 479. The number of carbonyl (C=O) groups excluding carboxylic acids is 3. The molecule has 0 atom stereocenters. The van der Waals surface area contributed by atoms with Gasteiger partial charge in [-0.1, -0.05) is 0 Å². The van der Waals surface area contributed by atoms with Gasteiger partial charge in [0.05, 0.1) is 6.26 Å². The second kappa shape index (κ2) is 4.65. The maximum absolute atomic E-state index is 11.7. The van der Waals surface area contributed by atoms with E-state index in [0.717, 1.165) is 6.26 Å². The van der Waals surface area contributed by atoms with Gasteiger partial charge in [-0.3, -0.25) is 9.59 Å². The van der Waals surface area contributed by atoms with Crippen LogP contribution in [0.4, 0.5) is 0 Å². The first-order valence-corrected chi connectivity index (χ1v) is 6.99. The molecule has 1 aliphatic rings. The molecule has 1 aliphatic heterocycles. The van der Waals surface area contributed by atoms with Crippen molar-refractivity contribution in [3.63, 3.8) is 0 Å². The van der Waals surface area contributed by atoms with E-state index in [4.69, 9.17) is 0 Å². The minimum absolute atomic E-state index is 0.0218. The zero-order chi connectivity index (χ0) is 14.1. The minimum atomic E-state index is -3.63. The zero-order valence-corrected chi connectivity index (χ0v) is 11.0. The Kier molecular flexibility index (Phi) is 3.77. The van der Waals surface area contributed by atoms with Gasteiger partial charge in [0.25, 0.3) is 11.8 Å². The molecule has 0 unspecified atom stereocenters. The summed E-state index contributed by atoms with van der Waals surface area (Å²) in [5.74, 6) is -2.27. The van der Waals surface area contributed by atoms with Crippen molar-refractivity contribution in [2.45, 2.75) is 32.2 Å². The second-order valence-electron chi connectivity index (χ2n) is 4.46. The van der Waals surface area contributed by atoms with Crippen molar-refractivity contribution in [3.05, 3.63) is 0 Å². The van der Waals surface area contributed by atoms with Gasteiger partial charge in [-0.05, 0) is 13.8 Å². The lowest BCUT2D eigenvalue weighted by molar-refractivity contribution is -0.201. The number of nitrogens with one attached hydrogen (secondary N) is 1. The fraction of sp³-hybridized carbons (Fsp3) is 0.667. The summed E-state index contributed by atoms with van der Waals surface area (Å²) in [5, 5.41) is 0.369. The van der Waals surface area contributed by atoms with Crippen LogP contribution in [0.15, 0.2) is 0 Å². The van der Waals surface area contributed by atoms with Gasteiger partial charge in [-0.25, -0.2) is 13.2 Å². The Labute approximate surface area is 104 Å². The van der Waals surface area contributed by atoms with Gasteiger partial charge in [-0.15, -0.1) is 5.06 Å². The summed E-state index contributed by atoms with van der Waals surface area (Å²) >= 11 is 0. The number of carbonyl (C=O) groups is 3. The Hall–Kier alpha value is -1.48. The summed E-state index contributed by atoms with van der Waals surface area (Å²) in [6, 6.07) is 0. The molecule has 1 N–H and O–H groups in total. The third-order valence-electron chi connectivity index (χ3n) is 2.13. The fourth-order valence-electron chi connectivity index (χ4n) is 1.36. The Morgan fingerprint density at radius 2 is 1.72 bits per heavy atom. The number of nitrogens with zero attached hydrogens (tertiary/aromatic N) is 1. The summed E-state index contributed by atoms with van der Waals surface area (Å²) in [4.78, 5) is 38.8. The number of hydroxylamine groups is 2. The molecule has 1 rings (SSSR count). The highest BCUT2D eigenvalue weighted by molar-refractivity contribution is 7.88. The predicted octanol–water partition coefficient (Wildman–Crippen LogP) is -1.08. The van der Waals surface area contributed by atoms with Crippen LogP contribution in [-0.4, -0.2) is 43.1 Å². The molecular formula is C9H14N2O6S. The summed E-state index contributed by atoms with van der Waals surface area (Å²) in [5.41, 5.74) is -1.57. The minimum Gasteiger partial charge on any atom is -0.328 e. The lowest BCUT2D eigenvalue weighted by Gasteiger charge is -2.24. The van der Waals surface area contributed by atoms with Gasteiger partial charge < -0.3 is 4.84 Å². The standard InChI is InChI=1S/C9H14N2O6S/c1-9(2,10-18(3,15)16)8(14)17-11-6(12)4-5-7(11)13/h10H,4-5H2,1-3H3. The molecular weight excluding hydrogens is 264 g/mol. The van der Waals surface area contributed by atoms with E-state index in [9.17, 15) is 22.8 Å². The highest BCUT2D eigenvalue weighted by Gasteiger charge is 2.39. The van der Waals surface area contributed by atoms with Crippen molar-refractivity contribution in [3.8, 4) is 0 Å². The number of amides is 2. The van der Waals surface area contributed by atoms with Crippen LogP contribution in [0.2, 0.25) is 0 Å². The van der Waals surface area contributed by atoms with Crippen LogP contribution in [0.3, 0.4) is 0 Å². The molecule has 8 nitrogen and oxygen atoms in total. The lowest BCUT2D eigenvalue weighted by Crippen LogP contribution is -2.52. The number of imide groups is 1. The van der Waals surface area contributed by atoms with Crippen LogP contribution in [-0.2, 0) is 29.2 Å². The molecule has 1 saturated heterocycles. The molecule has 1 heterocycles. The molecule has 1 fully saturated rings. The summed E-state index contributed by atoms with van der Waals surface area (Å²) in [6.45, 7) is 2.53. The Morgan fingerprint density at radius 1 is 1.28 bits per heavy atom. The van der Waals surface area contributed by atoms with Crippen LogP contribution in [0.5, 0.6) is 0 Å². The largest absolute Gasteiger partial charge is 0.353 e. The fourth-order valence-corrected chi connectivity index (χ4v) is 2.37. The first kappa shape index (κ1) is 14.6.